The predicted molar refractivity (Wildman–Crippen MR) is 55.4 cm³/mol. The number of hydrogen-bond acceptors (Lipinski definition) is 4. The lowest BCUT2D eigenvalue weighted by molar-refractivity contribution is -0.149. The van der Waals surface area contributed by atoms with Crippen LogP contribution in [0.25, 0.3) is 0 Å². The van der Waals surface area contributed by atoms with E-state index in [0.717, 1.165) is 4.90 Å². The Balaban J connectivity index is 2.36. The highest BCUT2D eigenvalue weighted by Crippen LogP contribution is 2.12. The van der Waals surface area contributed by atoms with Gasteiger partial charge in [0.25, 0.3) is 0 Å². The molecule has 6 nitrogen and oxygen atoms in total. The number of imide groups is 1. The lowest BCUT2D eigenvalue weighted by Crippen LogP contribution is -2.51. The van der Waals surface area contributed by atoms with E-state index in [1.165, 1.54) is 0 Å². The number of unbranched alkanes of at least 4 members (excludes halogenated alkanes) is 1. The van der Waals surface area contributed by atoms with E-state index in [-0.39, 0.29) is 24.8 Å². The van der Waals surface area contributed by atoms with Crippen molar-refractivity contribution in [2.75, 3.05) is 6.54 Å². The van der Waals surface area contributed by atoms with Gasteiger partial charge >= 0.3 is 5.97 Å². The Bertz CT molecular complexity index is 303. The number of carboxylic acids is 1. The van der Waals surface area contributed by atoms with Crippen molar-refractivity contribution in [1.82, 2.24) is 4.90 Å². The van der Waals surface area contributed by atoms with E-state index >= 15 is 0 Å². The molecular weight excluding hydrogens is 212 g/mol. The van der Waals surface area contributed by atoms with E-state index in [1.54, 1.807) is 0 Å². The Hall–Kier alpha value is -1.43. The predicted octanol–water partition coefficient (Wildman–Crippen LogP) is -0.282. The largest absolute Gasteiger partial charge is 0.481 e. The number of amides is 2. The molecule has 0 bridgehead atoms. The number of nitrogens with zero attached hydrogens (tertiary/aromatic N) is 1. The molecule has 0 spiro atoms. The van der Waals surface area contributed by atoms with Gasteiger partial charge in [0.15, 0.2) is 0 Å². The van der Waals surface area contributed by atoms with Gasteiger partial charge in [0.1, 0.15) is 0 Å². The van der Waals surface area contributed by atoms with Crippen molar-refractivity contribution in [1.29, 1.82) is 0 Å². The van der Waals surface area contributed by atoms with Crippen LogP contribution in [0, 0.1) is 0 Å². The second-order valence-electron chi connectivity index (χ2n) is 3.88. The average Bonchev–Trinajstić information content (AvgIpc) is 2.22. The maximum Gasteiger partial charge on any atom is 0.303 e. The van der Waals surface area contributed by atoms with Gasteiger partial charge in [-0.05, 0) is 19.3 Å². The molecule has 1 fully saturated rings. The van der Waals surface area contributed by atoms with Crippen molar-refractivity contribution in [3.8, 4) is 0 Å². The molecule has 90 valence electrons. The molecule has 1 saturated heterocycles. The van der Waals surface area contributed by atoms with Crippen LogP contribution in [-0.4, -0.2) is 40.4 Å². The maximum atomic E-state index is 11.5. The van der Waals surface area contributed by atoms with Gasteiger partial charge in [-0.15, -0.1) is 0 Å². The molecule has 0 aliphatic carbocycles. The summed E-state index contributed by atoms with van der Waals surface area (Å²) in [6.07, 6.45) is 1.73. The fourth-order valence-electron chi connectivity index (χ4n) is 1.64. The van der Waals surface area contributed by atoms with Crippen LogP contribution < -0.4 is 5.73 Å². The SMILES string of the molecule is N[C@H]1CCC(=O)N(CCCCC(=O)O)C1=O. The topological polar surface area (TPSA) is 101 Å². The summed E-state index contributed by atoms with van der Waals surface area (Å²) in [5, 5.41) is 8.43. The summed E-state index contributed by atoms with van der Waals surface area (Å²) in [7, 11) is 0. The summed E-state index contributed by atoms with van der Waals surface area (Å²) in [4.78, 5) is 34.4. The van der Waals surface area contributed by atoms with E-state index < -0.39 is 12.0 Å². The van der Waals surface area contributed by atoms with E-state index in [2.05, 4.69) is 0 Å². The third kappa shape index (κ3) is 3.30. The fraction of sp³-hybridized carbons (Fsp3) is 0.700. The second kappa shape index (κ2) is 5.60. The van der Waals surface area contributed by atoms with Crippen LogP contribution in [0.5, 0.6) is 0 Å². The number of carbonyl (C=O) groups is 3. The van der Waals surface area contributed by atoms with Gasteiger partial charge in [-0.2, -0.15) is 0 Å². The second-order valence-corrected chi connectivity index (χ2v) is 3.88. The number of hydrogen-bond donors (Lipinski definition) is 2. The number of likely N-dealkylation sites (tertiary alicyclic amines) is 1. The van der Waals surface area contributed by atoms with Gasteiger partial charge in [0.05, 0.1) is 6.04 Å². The highest BCUT2D eigenvalue weighted by Gasteiger charge is 2.31. The average molecular weight is 228 g/mol. The number of piperidine rings is 1. The van der Waals surface area contributed by atoms with Crippen molar-refractivity contribution < 1.29 is 19.5 Å². The Morgan fingerprint density at radius 1 is 1.44 bits per heavy atom. The van der Waals surface area contributed by atoms with Crippen LogP contribution in [0.1, 0.15) is 32.1 Å². The van der Waals surface area contributed by atoms with E-state index in [9.17, 15) is 14.4 Å². The van der Waals surface area contributed by atoms with Gasteiger partial charge < -0.3 is 10.8 Å². The summed E-state index contributed by atoms with van der Waals surface area (Å²) in [6, 6.07) is -0.586. The molecule has 0 aromatic heterocycles. The van der Waals surface area contributed by atoms with Gasteiger partial charge in [-0.1, -0.05) is 0 Å². The molecular formula is C10H16N2O4. The third-order valence-electron chi connectivity index (χ3n) is 2.58. The normalized spacial score (nSPS) is 21.3. The zero-order valence-electron chi connectivity index (χ0n) is 9.02. The lowest BCUT2D eigenvalue weighted by Gasteiger charge is -2.28. The molecule has 0 aromatic carbocycles. The molecule has 3 N–H and O–H groups in total. The maximum absolute atomic E-state index is 11.5. The molecule has 1 aliphatic rings. The number of rotatable bonds is 5. The standard InChI is InChI=1S/C10H16N2O4/c11-7-4-5-8(13)12(10(7)16)6-2-1-3-9(14)15/h7H,1-6,11H2,(H,14,15)/t7-/m0/s1. The van der Waals surface area contributed by atoms with Gasteiger partial charge in [-0.25, -0.2) is 0 Å². The zero-order chi connectivity index (χ0) is 12.1. The highest BCUT2D eigenvalue weighted by molar-refractivity contribution is 6.00. The minimum absolute atomic E-state index is 0.0578. The first kappa shape index (κ1) is 12.6. The van der Waals surface area contributed by atoms with Crippen LogP contribution in [0.3, 0.4) is 0 Å². The molecule has 0 saturated carbocycles. The van der Waals surface area contributed by atoms with E-state index in [0.29, 0.717) is 25.7 Å². The number of aliphatic carboxylic acids is 1. The van der Waals surface area contributed by atoms with Crippen molar-refractivity contribution in [3.63, 3.8) is 0 Å². The summed E-state index contributed by atoms with van der Waals surface area (Å²) in [5.74, 6) is -1.42. The Labute approximate surface area is 93.4 Å². The molecule has 0 unspecified atom stereocenters. The smallest absolute Gasteiger partial charge is 0.303 e. The first-order valence-electron chi connectivity index (χ1n) is 5.34. The van der Waals surface area contributed by atoms with Gasteiger partial charge in [0, 0.05) is 19.4 Å². The van der Waals surface area contributed by atoms with Crippen molar-refractivity contribution in [2.24, 2.45) is 5.73 Å². The first-order valence-corrected chi connectivity index (χ1v) is 5.34. The highest BCUT2D eigenvalue weighted by atomic mass is 16.4. The van der Waals surface area contributed by atoms with Crippen molar-refractivity contribution >= 4 is 17.8 Å². The third-order valence-corrected chi connectivity index (χ3v) is 2.58. The van der Waals surface area contributed by atoms with Crippen LogP contribution in [0.15, 0.2) is 0 Å². The molecule has 1 atom stereocenters. The molecule has 1 heterocycles. The lowest BCUT2D eigenvalue weighted by atomic mass is 10.0. The minimum Gasteiger partial charge on any atom is -0.481 e. The van der Waals surface area contributed by atoms with Crippen LogP contribution in [0.2, 0.25) is 0 Å². The van der Waals surface area contributed by atoms with Crippen molar-refractivity contribution in [3.05, 3.63) is 0 Å². The summed E-state index contributed by atoms with van der Waals surface area (Å²) < 4.78 is 0. The summed E-state index contributed by atoms with van der Waals surface area (Å²) in [6.45, 7) is 0.276. The number of carboxylic acid groups (broad SMARTS) is 1. The molecule has 1 aliphatic heterocycles. The van der Waals surface area contributed by atoms with E-state index in [1.807, 2.05) is 0 Å². The quantitative estimate of drug-likeness (QED) is 0.497. The first-order chi connectivity index (χ1) is 7.52. The molecule has 1 rings (SSSR count). The monoisotopic (exact) mass is 228 g/mol. The Morgan fingerprint density at radius 2 is 2.12 bits per heavy atom. The number of nitrogens with two attached hydrogens (primary N) is 1. The molecule has 2 amide bonds. The zero-order valence-corrected chi connectivity index (χ0v) is 9.02. The van der Waals surface area contributed by atoms with Crippen LogP contribution in [0.4, 0.5) is 0 Å². The summed E-state index contributed by atoms with van der Waals surface area (Å²) >= 11 is 0. The Morgan fingerprint density at radius 3 is 2.75 bits per heavy atom. The summed E-state index contributed by atoms with van der Waals surface area (Å²) in [5.41, 5.74) is 5.55. The number of carbonyl (C=O) groups excluding carboxylic acids is 2. The molecule has 16 heavy (non-hydrogen) atoms. The molecule has 6 heteroatoms. The fourth-order valence-corrected chi connectivity index (χ4v) is 1.64. The van der Waals surface area contributed by atoms with Crippen LogP contribution in [-0.2, 0) is 14.4 Å². The molecule has 0 aromatic rings. The van der Waals surface area contributed by atoms with Crippen molar-refractivity contribution in [2.45, 2.75) is 38.1 Å². The Kier molecular flexibility index (Phi) is 4.42. The van der Waals surface area contributed by atoms with Gasteiger partial charge in [-0.3, -0.25) is 19.3 Å². The molecule has 0 radical (unpaired) electrons. The minimum atomic E-state index is -0.868. The van der Waals surface area contributed by atoms with Crippen LogP contribution >= 0.6 is 0 Å². The van der Waals surface area contributed by atoms with Gasteiger partial charge in [0.2, 0.25) is 11.8 Å². The van der Waals surface area contributed by atoms with E-state index in [4.69, 9.17) is 10.8 Å².